The monoisotopic (exact) mass is 181 g/mol. The van der Waals surface area contributed by atoms with Crippen molar-refractivity contribution in [2.45, 2.75) is 0 Å². The van der Waals surface area contributed by atoms with Crippen molar-refractivity contribution in [1.29, 1.82) is 0 Å². The summed E-state index contributed by atoms with van der Waals surface area (Å²) in [4.78, 5) is 14.7. The van der Waals surface area contributed by atoms with Crippen LogP contribution in [0.15, 0.2) is 12.3 Å². The summed E-state index contributed by atoms with van der Waals surface area (Å²) in [5, 5.41) is 2.82. The van der Waals surface area contributed by atoms with Gasteiger partial charge < -0.3 is 15.8 Å². The summed E-state index contributed by atoms with van der Waals surface area (Å²) in [6.07, 6.45) is 1.40. The van der Waals surface area contributed by atoms with Crippen molar-refractivity contribution in [3.8, 4) is 5.75 Å². The van der Waals surface area contributed by atoms with Crippen LogP contribution in [0, 0.1) is 0 Å². The number of methoxy groups -OCH3 is 1. The third-order valence-corrected chi connectivity index (χ3v) is 1.59. The van der Waals surface area contributed by atoms with Crippen LogP contribution >= 0.6 is 0 Å². The minimum Gasteiger partial charge on any atom is -0.493 e. The summed E-state index contributed by atoms with van der Waals surface area (Å²) in [6.45, 7) is 0. The molecule has 0 aliphatic rings. The van der Waals surface area contributed by atoms with Crippen molar-refractivity contribution in [3.05, 3.63) is 17.8 Å². The van der Waals surface area contributed by atoms with Crippen molar-refractivity contribution in [3.63, 3.8) is 0 Å². The standard InChI is InChI=1S/C8H11N3O2/c1-10-8-6(13-2)3-5(4-11-8)7(9)12/h3-4H,1-2H3,(H2,9,12)(H,10,11). The summed E-state index contributed by atoms with van der Waals surface area (Å²) in [6, 6.07) is 1.54. The maximum atomic E-state index is 10.8. The Hall–Kier alpha value is -1.78. The van der Waals surface area contributed by atoms with Crippen LogP contribution in [0.25, 0.3) is 0 Å². The Morgan fingerprint density at radius 2 is 2.38 bits per heavy atom. The second kappa shape index (κ2) is 3.75. The van der Waals surface area contributed by atoms with Crippen LogP contribution in [0.3, 0.4) is 0 Å². The van der Waals surface area contributed by atoms with Gasteiger partial charge in [-0.25, -0.2) is 4.98 Å². The number of hydrogen-bond acceptors (Lipinski definition) is 4. The predicted octanol–water partition coefficient (Wildman–Crippen LogP) is 0.231. The highest BCUT2D eigenvalue weighted by molar-refractivity contribution is 5.93. The van der Waals surface area contributed by atoms with Crippen LogP contribution in [0.2, 0.25) is 0 Å². The molecular formula is C8H11N3O2. The Morgan fingerprint density at radius 1 is 1.69 bits per heavy atom. The van der Waals surface area contributed by atoms with Crippen molar-refractivity contribution < 1.29 is 9.53 Å². The molecule has 5 nitrogen and oxygen atoms in total. The molecule has 5 heteroatoms. The van der Waals surface area contributed by atoms with E-state index in [2.05, 4.69) is 10.3 Å². The zero-order valence-corrected chi connectivity index (χ0v) is 7.50. The van der Waals surface area contributed by atoms with Crippen LogP contribution in [-0.2, 0) is 0 Å². The number of carbonyl (C=O) groups is 1. The summed E-state index contributed by atoms with van der Waals surface area (Å²) in [7, 11) is 3.22. The Morgan fingerprint density at radius 3 is 2.85 bits per heavy atom. The number of rotatable bonds is 3. The van der Waals surface area contributed by atoms with Gasteiger partial charge in [0.1, 0.15) is 0 Å². The number of nitrogens with zero attached hydrogens (tertiary/aromatic N) is 1. The van der Waals surface area contributed by atoms with Gasteiger partial charge in [0.25, 0.3) is 0 Å². The molecule has 0 bridgehead atoms. The van der Waals surface area contributed by atoms with E-state index in [1.165, 1.54) is 13.3 Å². The van der Waals surface area contributed by atoms with Gasteiger partial charge in [-0.05, 0) is 6.07 Å². The number of ether oxygens (including phenoxy) is 1. The van der Waals surface area contributed by atoms with E-state index in [1.54, 1.807) is 13.1 Å². The maximum absolute atomic E-state index is 10.8. The fourth-order valence-electron chi connectivity index (χ4n) is 0.923. The fraction of sp³-hybridized carbons (Fsp3) is 0.250. The smallest absolute Gasteiger partial charge is 0.250 e. The lowest BCUT2D eigenvalue weighted by Crippen LogP contribution is -2.12. The van der Waals surface area contributed by atoms with E-state index in [1.807, 2.05) is 0 Å². The summed E-state index contributed by atoms with van der Waals surface area (Å²) in [5.41, 5.74) is 5.40. The number of hydrogen-bond donors (Lipinski definition) is 2. The number of nitrogens with two attached hydrogens (primary N) is 1. The lowest BCUT2D eigenvalue weighted by molar-refractivity contribution is 0.0999. The van der Waals surface area contributed by atoms with Crippen molar-refractivity contribution in [1.82, 2.24) is 4.98 Å². The van der Waals surface area contributed by atoms with Gasteiger partial charge in [0.15, 0.2) is 11.6 Å². The van der Waals surface area contributed by atoms with Crippen LogP contribution < -0.4 is 15.8 Å². The lowest BCUT2D eigenvalue weighted by atomic mass is 10.2. The van der Waals surface area contributed by atoms with Gasteiger partial charge >= 0.3 is 0 Å². The minimum atomic E-state index is -0.520. The number of anilines is 1. The van der Waals surface area contributed by atoms with E-state index < -0.39 is 5.91 Å². The maximum Gasteiger partial charge on any atom is 0.250 e. The summed E-state index contributed by atoms with van der Waals surface area (Å²) < 4.78 is 4.99. The second-order valence-corrected chi connectivity index (χ2v) is 2.39. The van der Waals surface area contributed by atoms with E-state index in [0.29, 0.717) is 17.1 Å². The van der Waals surface area contributed by atoms with E-state index in [4.69, 9.17) is 10.5 Å². The zero-order valence-electron chi connectivity index (χ0n) is 7.50. The summed E-state index contributed by atoms with van der Waals surface area (Å²) in [5.74, 6) is 0.555. The van der Waals surface area contributed by atoms with E-state index in [-0.39, 0.29) is 0 Å². The molecule has 0 aliphatic carbocycles. The highest BCUT2D eigenvalue weighted by Gasteiger charge is 2.07. The van der Waals surface area contributed by atoms with Crippen molar-refractivity contribution in [2.75, 3.05) is 19.5 Å². The lowest BCUT2D eigenvalue weighted by Gasteiger charge is -2.06. The van der Waals surface area contributed by atoms with Gasteiger partial charge in [0, 0.05) is 13.2 Å². The molecule has 1 aromatic heterocycles. The van der Waals surface area contributed by atoms with E-state index >= 15 is 0 Å². The number of carbonyl (C=O) groups excluding carboxylic acids is 1. The van der Waals surface area contributed by atoms with Gasteiger partial charge in [-0.2, -0.15) is 0 Å². The van der Waals surface area contributed by atoms with Crippen LogP contribution in [0.1, 0.15) is 10.4 Å². The SMILES string of the molecule is CNc1ncc(C(N)=O)cc1OC. The molecular weight excluding hydrogens is 170 g/mol. The molecule has 70 valence electrons. The van der Waals surface area contributed by atoms with Gasteiger partial charge in [0.05, 0.1) is 12.7 Å². The molecule has 1 amide bonds. The van der Waals surface area contributed by atoms with Crippen LogP contribution in [-0.4, -0.2) is 25.0 Å². The fourth-order valence-corrected chi connectivity index (χ4v) is 0.923. The Bertz CT molecular complexity index is 325. The van der Waals surface area contributed by atoms with Crippen molar-refractivity contribution in [2.24, 2.45) is 5.73 Å². The molecule has 0 aromatic carbocycles. The minimum absolute atomic E-state index is 0.329. The number of primary amides is 1. The molecule has 0 saturated heterocycles. The van der Waals surface area contributed by atoms with Gasteiger partial charge in [-0.3, -0.25) is 4.79 Å². The molecule has 3 N–H and O–H groups in total. The van der Waals surface area contributed by atoms with Crippen LogP contribution in [0.4, 0.5) is 5.82 Å². The molecule has 1 heterocycles. The topological polar surface area (TPSA) is 77.2 Å². The van der Waals surface area contributed by atoms with E-state index in [9.17, 15) is 4.79 Å². The van der Waals surface area contributed by atoms with Gasteiger partial charge in [0.2, 0.25) is 5.91 Å². The highest BCUT2D eigenvalue weighted by atomic mass is 16.5. The molecule has 1 aromatic rings. The Balaban J connectivity index is 3.13. The predicted molar refractivity (Wildman–Crippen MR) is 48.9 cm³/mol. The normalized spacial score (nSPS) is 9.38. The summed E-state index contributed by atoms with van der Waals surface area (Å²) >= 11 is 0. The molecule has 0 saturated carbocycles. The quantitative estimate of drug-likeness (QED) is 0.699. The first kappa shape index (κ1) is 9.31. The third-order valence-electron chi connectivity index (χ3n) is 1.59. The second-order valence-electron chi connectivity index (χ2n) is 2.39. The molecule has 0 radical (unpaired) electrons. The first-order valence-electron chi connectivity index (χ1n) is 3.70. The molecule has 0 aliphatic heterocycles. The molecule has 0 unspecified atom stereocenters. The Kier molecular flexibility index (Phi) is 2.69. The number of amides is 1. The molecule has 13 heavy (non-hydrogen) atoms. The van der Waals surface area contributed by atoms with Crippen LogP contribution in [0.5, 0.6) is 5.75 Å². The number of pyridine rings is 1. The highest BCUT2D eigenvalue weighted by Crippen LogP contribution is 2.21. The largest absolute Gasteiger partial charge is 0.493 e. The van der Waals surface area contributed by atoms with Crippen molar-refractivity contribution >= 4 is 11.7 Å². The average molecular weight is 181 g/mol. The third kappa shape index (κ3) is 1.87. The first-order valence-corrected chi connectivity index (χ1v) is 3.70. The Labute approximate surface area is 75.9 Å². The molecule has 0 spiro atoms. The number of aromatic nitrogens is 1. The molecule has 0 fully saturated rings. The number of nitrogens with one attached hydrogen (secondary N) is 1. The van der Waals surface area contributed by atoms with Gasteiger partial charge in [-0.15, -0.1) is 0 Å². The van der Waals surface area contributed by atoms with E-state index in [0.717, 1.165) is 0 Å². The van der Waals surface area contributed by atoms with Gasteiger partial charge in [-0.1, -0.05) is 0 Å². The molecule has 0 atom stereocenters. The molecule has 1 rings (SSSR count). The average Bonchev–Trinajstić information content (AvgIpc) is 2.16. The first-order chi connectivity index (χ1) is 6.19. The zero-order chi connectivity index (χ0) is 9.84.